The minimum Gasteiger partial charge on any atom is -0.480 e. The molecule has 0 saturated heterocycles. The van der Waals surface area contributed by atoms with Gasteiger partial charge in [-0.3, -0.25) is 4.79 Å². The first-order valence-corrected chi connectivity index (χ1v) is 6.75. The van der Waals surface area contributed by atoms with Gasteiger partial charge in [0.2, 0.25) is 5.91 Å². The SMILES string of the molecule is CCC(C)(NC(=O)Cc1noc2ccc(C)cc12)C(=O)O. The van der Waals surface area contributed by atoms with Gasteiger partial charge in [0.05, 0.1) is 6.42 Å². The van der Waals surface area contributed by atoms with E-state index in [1.54, 1.807) is 13.0 Å². The normalized spacial score (nSPS) is 13.9. The van der Waals surface area contributed by atoms with Gasteiger partial charge in [-0.2, -0.15) is 0 Å². The van der Waals surface area contributed by atoms with E-state index in [-0.39, 0.29) is 6.42 Å². The van der Waals surface area contributed by atoms with Crippen LogP contribution < -0.4 is 5.32 Å². The number of rotatable bonds is 5. The summed E-state index contributed by atoms with van der Waals surface area (Å²) >= 11 is 0. The molecule has 6 heteroatoms. The van der Waals surface area contributed by atoms with Crippen molar-refractivity contribution in [3.63, 3.8) is 0 Å². The number of carbonyl (C=O) groups excluding carboxylic acids is 1. The van der Waals surface area contributed by atoms with Gasteiger partial charge < -0.3 is 14.9 Å². The first-order chi connectivity index (χ1) is 9.85. The second-order valence-corrected chi connectivity index (χ2v) is 5.34. The van der Waals surface area contributed by atoms with Crippen LogP contribution in [-0.2, 0) is 16.0 Å². The fraction of sp³-hybridized carbons (Fsp3) is 0.400. The number of aromatic nitrogens is 1. The molecule has 21 heavy (non-hydrogen) atoms. The van der Waals surface area contributed by atoms with Crippen molar-refractivity contribution in [2.75, 3.05) is 0 Å². The summed E-state index contributed by atoms with van der Waals surface area (Å²) in [5.41, 5.74) is 0.887. The number of aryl methyl sites for hydroxylation is 1. The Balaban J connectivity index is 2.18. The smallest absolute Gasteiger partial charge is 0.329 e. The molecule has 0 spiro atoms. The Labute approximate surface area is 122 Å². The summed E-state index contributed by atoms with van der Waals surface area (Å²) in [6, 6.07) is 5.59. The van der Waals surface area contributed by atoms with Crippen LogP contribution in [0.1, 0.15) is 31.5 Å². The van der Waals surface area contributed by atoms with E-state index in [0.29, 0.717) is 17.7 Å². The van der Waals surface area contributed by atoms with Crippen molar-refractivity contribution in [3.05, 3.63) is 29.5 Å². The topological polar surface area (TPSA) is 92.4 Å². The number of aliphatic carboxylic acids is 1. The maximum Gasteiger partial charge on any atom is 0.329 e. The van der Waals surface area contributed by atoms with Crippen molar-refractivity contribution in [1.82, 2.24) is 10.5 Å². The molecule has 2 rings (SSSR count). The van der Waals surface area contributed by atoms with Crippen LogP contribution in [0.5, 0.6) is 0 Å². The van der Waals surface area contributed by atoms with Crippen LogP contribution in [0.3, 0.4) is 0 Å². The highest BCUT2D eigenvalue weighted by atomic mass is 16.5. The second kappa shape index (κ2) is 5.55. The lowest BCUT2D eigenvalue weighted by Gasteiger charge is -2.24. The van der Waals surface area contributed by atoms with Crippen LogP contribution in [0, 0.1) is 6.92 Å². The second-order valence-electron chi connectivity index (χ2n) is 5.34. The molecule has 2 aromatic rings. The molecule has 0 aliphatic rings. The van der Waals surface area contributed by atoms with Crippen LogP contribution in [-0.4, -0.2) is 27.7 Å². The molecule has 112 valence electrons. The summed E-state index contributed by atoms with van der Waals surface area (Å²) in [6.45, 7) is 5.14. The number of carbonyl (C=O) groups is 2. The average Bonchev–Trinajstić information content (AvgIpc) is 2.80. The molecule has 2 N–H and O–H groups in total. The first kappa shape index (κ1) is 15.0. The van der Waals surface area contributed by atoms with Gasteiger partial charge in [0.25, 0.3) is 0 Å². The first-order valence-electron chi connectivity index (χ1n) is 6.75. The molecule has 6 nitrogen and oxygen atoms in total. The molecule has 0 saturated carbocycles. The molecule has 1 atom stereocenters. The van der Waals surface area contributed by atoms with E-state index in [2.05, 4.69) is 10.5 Å². The average molecular weight is 290 g/mol. The van der Waals surface area contributed by atoms with Crippen molar-refractivity contribution in [1.29, 1.82) is 0 Å². The Hall–Kier alpha value is -2.37. The van der Waals surface area contributed by atoms with Gasteiger partial charge in [0.1, 0.15) is 11.2 Å². The molecule has 0 bridgehead atoms. The van der Waals surface area contributed by atoms with Gasteiger partial charge in [-0.1, -0.05) is 23.7 Å². The molecule has 1 aromatic heterocycles. The molecular weight excluding hydrogens is 272 g/mol. The zero-order chi connectivity index (χ0) is 15.6. The third-order valence-corrected chi connectivity index (χ3v) is 3.62. The van der Waals surface area contributed by atoms with E-state index in [1.807, 2.05) is 19.1 Å². The number of nitrogens with zero attached hydrogens (tertiary/aromatic N) is 1. The maximum absolute atomic E-state index is 12.1. The number of hydrogen-bond acceptors (Lipinski definition) is 4. The number of nitrogens with one attached hydrogen (secondary N) is 1. The predicted octanol–water partition coefficient (Wildman–Crippen LogP) is 2.05. The molecule has 0 aliphatic carbocycles. The summed E-state index contributed by atoms with van der Waals surface area (Å²) in [6.07, 6.45) is 0.284. The Morgan fingerprint density at radius 3 is 2.76 bits per heavy atom. The lowest BCUT2D eigenvalue weighted by Crippen LogP contribution is -2.52. The van der Waals surface area contributed by atoms with Crippen LogP contribution >= 0.6 is 0 Å². The lowest BCUT2D eigenvalue weighted by molar-refractivity contribution is -0.146. The lowest BCUT2D eigenvalue weighted by atomic mass is 9.99. The highest BCUT2D eigenvalue weighted by Gasteiger charge is 2.32. The fourth-order valence-electron chi connectivity index (χ4n) is 2.03. The fourth-order valence-corrected chi connectivity index (χ4v) is 2.03. The van der Waals surface area contributed by atoms with Crippen molar-refractivity contribution < 1.29 is 19.2 Å². The van der Waals surface area contributed by atoms with E-state index in [1.165, 1.54) is 6.92 Å². The van der Waals surface area contributed by atoms with Gasteiger partial charge in [-0.15, -0.1) is 0 Å². The summed E-state index contributed by atoms with van der Waals surface area (Å²) in [4.78, 5) is 23.3. The quantitative estimate of drug-likeness (QED) is 0.879. The maximum atomic E-state index is 12.1. The number of amides is 1. The molecule has 1 aromatic carbocycles. The van der Waals surface area contributed by atoms with E-state index >= 15 is 0 Å². The zero-order valence-corrected chi connectivity index (χ0v) is 12.3. The third-order valence-electron chi connectivity index (χ3n) is 3.62. The molecule has 0 radical (unpaired) electrons. The van der Waals surface area contributed by atoms with Crippen molar-refractivity contribution >= 4 is 22.8 Å². The zero-order valence-electron chi connectivity index (χ0n) is 12.3. The molecule has 1 heterocycles. The van der Waals surface area contributed by atoms with Crippen LogP contribution in [0.2, 0.25) is 0 Å². The predicted molar refractivity (Wildman–Crippen MR) is 76.9 cm³/mol. The van der Waals surface area contributed by atoms with E-state index < -0.39 is 17.4 Å². The van der Waals surface area contributed by atoms with Gasteiger partial charge >= 0.3 is 5.97 Å². The highest BCUT2D eigenvalue weighted by molar-refractivity contribution is 5.90. The number of carboxylic acids is 1. The van der Waals surface area contributed by atoms with Crippen molar-refractivity contribution in [2.24, 2.45) is 0 Å². The number of carboxylic acid groups (broad SMARTS) is 1. The summed E-state index contributed by atoms with van der Waals surface area (Å²) < 4.78 is 5.16. The number of hydrogen-bond donors (Lipinski definition) is 2. The van der Waals surface area contributed by atoms with Gasteiger partial charge in [-0.25, -0.2) is 4.79 Å². The van der Waals surface area contributed by atoms with Gasteiger partial charge in [0, 0.05) is 5.39 Å². The third kappa shape index (κ3) is 3.04. The Morgan fingerprint density at radius 1 is 1.43 bits per heavy atom. The van der Waals surface area contributed by atoms with E-state index in [4.69, 9.17) is 9.63 Å². The molecule has 0 fully saturated rings. The number of benzene rings is 1. The largest absolute Gasteiger partial charge is 0.480 e. The summed E-state index contributed by atoms with van der Waals surface area (Å²) in [5, 5.41) is 16.4. The molecular formula is C15H18N2O4. The minimum atomic E-state index is -1.27. The van der Waals surface area contributed by atoms with Crippen molar-refractivity contribution in [2.45, 2.75) is 39.2 Å². The Bertz CT molecular complexity index is 692. The Morgan fingerprint density at radius 2 is 2.14 bits per heavy atom. The molecule has 1 unspecified atom stereocenters. The Kier molecular flexibility index (Phi) is 3.97. The standard InChI is InChI=1S/C15H18N2O4/c1-4-15(3,14(19)20)16-13(18)8-11-10-7-9(2)5-6-12(10)21-17-11/h5-7H,4,8H2,1-3H3,(H,16,18)(H,19,20). The number of fused-ring (bicyclic) bond motifs is 1. The van der Waals surface area contributed by atoms with Crippen molar-refractivity contribution in [3.8, 4) is 0 Å². The van der Waals surface area contributed by atoms with Crippen LogP contribution in [0.15, 0.2) is 22.7 Å². The monoisotopic (exact) mass is 290 g/mol. The van der Waals surface area contributed by atoms with Crippen LogP contribution in [0.4, 0.5) is 0 Å². The minimum absolute atomic E-state index is 0.0146. The highest BCUT2D eigenvalue weighted by Crippen LogP contribution is 2.20. The summed E-state index contributed by atoms with van der Waals surface area (Å²) in [7, 11) is 0. The van der Waals surface area contributed by atoms with Gasteiger partial charge in [0.15, 0.2) is 5.58 Å². The van der Waals surface area contributed by atoms with E-state index in [0.717, 1.165) is 10.9 Å². The molecule has 0 aliphatic heterocycles. The van der Waals surface area contributed by atoms with Crippen LogP contribution in [0.25, 0.3) is 11.0 Å². The van der Waals surface area contributed by atoms with E-state index in [9.17, 15) is 9.59 Å². The summed E-state index contributed by atoms with van der Waals surface area (Å²) in [5.74, 6) is -1.45. The van der Waals surface area contributed by atoms with Gasteiger partial charge in [-0.05, 0) is 32.4 Å². The molecule has 1 amide bonds.